The monoisotopic (exact) mass is 390 g/mol. The third-order valence-corrected chi connectivity index (χ3v) is 5.16. The summed E-state index contributed by atoms with van der Waals surface area (Å²) in [7, 11) is 0. The molecule has 5 rings (SSSR count). The van der Waals surface area contributed by atoms with Crippen LogP contribution in [-0.2, 0) is 0 Å². The van der Waals surface area contributed by atoms with Crippen molar-refractivity contribution >= 4 is 17.1 Å². The zero-order chi connectivity index (χ0) is 20.1. The van der Waals surface area contributed by atoms with E-state index < -0.39 is 0 Å². The van der Waals surface area contributed by atoms with E-state index in [4.69, 9.17) is 0 Å². The van der Waals surface area contributed by atoms with Gasteiger partial charge in [-0.25, -0.2) is 14.5 Å². The standard InChI is InChI=1S/C20H22N8O/c1-12-8-26(9-13(2)22-12)16-4-5-18-24-17(6-19(29)27(18)11-16)15-7-21-20-23-14(3)25-28(20)10-15/h4-7,10-13,22H,8-9H2,1-3H3. The maximum atomic E-state index is 12.8. The van der Waals surface area contributed by atoms with Gasteiger partial charge in [0.25, 0.3) is 11.3 Å². The molecule has 0 spiro atoms. The number of nitrogens with zero attached hydrogens (tertiary/aromatic N) is 7. The Morgan fingerprint density at radius 2 is 1.90 bits per heavy atom. The summed E-state index contributed by atoms with van der Waals surface area (Å²) in [4.78, 5) is 28.3. The molecule has 1 N–H and O–H groups in total. The number of hydrogen-bond acceptors (Lipinski definition) is 7. The van der Waals surface area contributed by atoms with Gasteiger partial charge >= 0.3 is 0 Å². The second-order valence-electron chi connectivity index (χ2n) is 7.72. The Morgan fingerprint density at radius 1 is 1.10 bits per heavy atom. The average molecular weight is 390 g/mol. The lowest BCUT2D eigenvalue weighted by molar-refractivity contribution is 0.407. The van der Waals surface area contributed by atoms with Crippen LogP contribution in [0.25, 0.3) is 22.7 Å². The highest BCUT2D eigenvalue weighted by atomic mass is 16.1. The first-order valence-electron chi connectivity index (χ1n) is 9.70. The normalized spacial score (nSPS) is 19.9. The first-order valence-corrected chi connectivity index (χ1v) is 9.70. The molecule has 29 heavy (non-hydrogen) atoms. The van der Waals surface area contributed by atoms with Crippen LogP contribution < -0.4 is 15.8 Å². The van der Waals surface area contributed by atoms with Crippen molar-refractivity contribution < 1.29 is 0 Å². The van der Waals surface area contributed by atoms with E-state index in [2.05, 4.69) is 44.1 Å². The van der Waals surface area contributed by atoms with Crippen molar-refractivity contribution in [2.45, 2.75) is 32.9 Å². The number of rotatable bonds is 2. The van der Waals surface area contributed by atoms with Crippen LogP contribution in [0.4, 0.5) is 5.69 Å². The van der Waals surface area contributed by atoms with Crippen LogP contribution in [0.1, 0.15) is 19.7 Å². The molecular weight excluding hydrogens is 368 g/mol. The van der Waals surface area contributed by atoms with Gasteiger partial charge in [-0.2, -0.15) is 10.1 Å². The fourth-order valence-electron chi connectivity index (χ4n) is 3.98. The second kappa shape index (κ2) is 6.63. The fraction of sp³-hybridized carbons (Fsp3) is 0.350. The number of aryl methyl sites for hydroxylation is 1. The molecule has 5 heterocycles. The molecule has 0 saturated carbocycles. The molecule has 2 unspecified atom stereocenters. The van der Waals surface area contributed by atoms with E-state index in [1.807, 2.05) is 25.3 Å². The zero-order valence-electron chi connectivity index (χ0n) is 16.6. The fourth-order valence-corrected chi connectivity index (χ4v) is 3.98. The van der Waals surface area contributed by atoms with Gasteiger partial charge in [-0.3, -0.25) is 9.20 Å². The van der Waals surface area contributed by atoms with Crippen molar-refractivity contribution in [2.75, 3.05) is 18.0 Å². The lowest BCUT2D eigenvalue weighted by Crippen LogP contribution is -2.54. The highest BCUT2D eigenvalue weighted by Crippen LogP contribution is 2.20. The number of pyridine rings is 1. The van der Waals surface area contributed by atoms with Gasteiger partial charge in [0, 0.05) is 55.4 Å². The van der Waals surface area contributed by atoms with Crippen LogP contribution in [0.15, 0.2) is 41.6 Å². The van der Waals surface area contributed by atoms with E-state index in [-0.39, 0.29) is 5.56 Å². The van der Waals surface area contributed by atoms with E-state index in [0.29, 0.717) is 35.0 Å². The Morgan fingerprint density at radius 3 is 2.69 bits per heavy atom. The van der Waals surface area contributed by atoms with E-state index in [1.165, 1.54) is 6.07 Å². The molecule has 0 aromatic carbocycles. The highest BCUT2D eigenvalue weighted by molar-refractivity contribution is 5.62. The van der Waals surface area contributed by atoms with E-state index in [1.54, 1.807) is 21.3 Å². The molecule has 0 bridgehead atoms. The van der Waals surface area contributed by atoms with Crippen LogP contribution in [0, 0.1) is 6.92 Å². The first kappa shape index (κ1) is 17.7. The number of fused-ring (bicyclic) bond motifs is 2. The summed E-state index contributed by atoms with van der Waals surface area (Å²) in [6, 6.07) is 6.25. The quantitative estimate of drug-likeness (QED) is 0.551. The smallest absolute Gasteiger partial charge is 0.258 e. The Hall–Kier alpha value is -3.33. The van der Waals surface area contributed by atoms with Crippen LogP contribution in [-0.4, -0.2) is 54.1 Å². The largest absolute Gasteiger partial charge is 0.367 e. The minimum Gasteiger partial charge on any atom is -0.367 e. The number of aromatic nitrogens is 6. The van der Waals surface area contributed by atoms with Gasteiger partial charge in [0.1, 0.15) is 11.5 Å². The lowest BCUT2D eigenvalue weighted by atomic mass is 10.1. The van der Waals surface area contributed by atoms with Gasteiger partial charge in [0.2, 0.25) is 0 Å². The summed E-state index contributed by atoms with van der Waals surface area (Å²) in [5, 5.41) is 7.81. The summed E-state index contributed by atoms with van der Waals surface area (Å²) in [6.45, 7) is 7.96. The maximum absolute atomic E-state index is 12.8. The third-order valence-electron chi connectivity index (χ3n) is 5.16. The Labute approximate surface area is 167 Å². The van der Waals surface area contributed by atoms with E-state index in [9.17, 15) is 4.79 Å². The summed E-state index contributed by atoms with van der Waals surface area (Å²) >= 11 is 0. The van der Waals surface area contributed by atoms with Crippen LogP contribution in [0.5, 0.6) is 0 Å². The number of hydrogen-bond donors (Lipinski definition) is 1. The minimum atomic E-state index is -0.127. The number of nitrogens with one attached hydrogen (secondary N) is 1. The summed E-state index contributed by atoms with van der Waals surface area (Å²) in [5.74, 6) is 1.16. The predicted molar refractivity (Wildman–Crippen MR) is 110 cm³/mol. The van der Waals surface area contributed by atoms with Crippen LogP contribution in [0.3, 0.4) is 0 Å². The topological polar surface area (TPSA) is 92.7 Å². The number of anilines is 1. The zero-order valence-corrected chi connectivity index (χ0v) is 16.6. The molecule has 0 radical (unpaired) electrons. The summed E-state index contributed by atoms with van der Waals surface area (Å²) in [6.07, 6.45) is 5.33. The van der Waals surface area contributed by atoms with E-state index in [0.717, 1.165) is 24.3 Å². The van der Waals surface area contributed by atoms with Crippen molar-refractivity contribution in [3.63, 3.8) is 0 Å². The van der Waals surface area contributed by atoms with Gasteiger partial charge in [0.15, 0.2) is 0 Å². The number of piperazine rings is 1. The van der Waals surface area contributed by atoms with E-state index >= 15 is 0 Å². The molecule has 1 aliphatic heterocycles. The minimum absolute atomic E-state index is 0.127. The Bertz CT molecular complexity index is 1270. The van der Waals surface area contributed by atoms with Crippen molar-refractivity contribution in [2.24, 2.45) is 0 Å². The Kier molecular flexibility index (Phi) is 4.06. The third kappa shape index (κ3) is 3.23. The summed E-state index contributed by atoms with van der Waals surface area (Å²) in [5.41, 5.74) is 2.78. The lowest BCUT2D eigenvalue weighted by Gasteiger charge is -2.37. The molecule has 4 aromatic rings. The van der Waals surface area contributed by atoms with Gasteiger partial charge in [0.05, 0.1) is 11.4 Å². The maximum Gasteiger partial charge on any atom is 0.258 e. The van der Waals surface area contributed by atoms with Crippen molar-refractivity contribution in [3.05, 3.63) is 53.0 Å². The highest BCUT2D eigenvalue weighted by Gasteiger charge is 2.21. The molecule has 148 valence electrons. The van der Waals surface area contributed by atoms with Gasteiger partial charge < -0.3 is 10.2 Å². The summed E-state index contributed by atoms with van der Waals surface area (Å²) < 4.78 is 3.20. The van der Waals surface area contributed by atoms with Crippen LogP contribution in [0.2, 0.25) is 0 Å². The SMILES string of the molecule is Cc1nc2ncc(-c3cc(=O)n4cc(N5CC(C)NC(C)C5)ccc4n3)cn2n1. The molecule has 1 saturated heterocycles. The van der Waals surface area contributed by atoms with Crippen molar-refractivity contribution in [1.82, 2.24) is 34.3 Å². The molecule has 4 aromatic heterocycles. The Balaban J connectivity index is 1.55. The molecule has 0 amide bonds. The van der Waals surface area contributed by atoms with Crippen molar-refractivity contribution in [3.8, 4) is 11.3 Å². The van der Waals surface area contributed by atoms with Crippen molar-refractivity contribution in [1.29, 1.82) is 0 Å². The molecule has 9 nitrogen and oxygen atoms in total. The molecule has 1 aliphatic rings. The molecule has 2 atom stereocenters. The molecular formula is C20H22N8O. The predicted octanol–water partition coefficient (Wildman–Crippen LogP) is 1.29. The van der Waals surface area contributed by atoms with Crippen LogP contribution >= 0.6 is 0 Å². The molecule has 0 aliphatic carbocycles. The molecule has 9 heteroatoms. The van der Waals surface area contributed by atoms with Gasteiger partial charge in [-0.1, -0.05) is 0 Å². The average Bonchev–Trinajstić information content (AvgIpc) is 3.06. The van der Waals surface area contributed by atoms with Gasteiger partial charge in [-0.15, -0.1) is 0 Å². The second-order valence-corrected chi connectivity index (χ2v) is 7.72. The molecule has 1 fully saturated rings. The first-order chi connectivity index (χ1) is 14.0. The van der Waals surface area contributed by atoms with Gasteiger partial charge in [-0.05, 0) is 32.9 Å².